The highest BCUT2D eigenvalue weighted by molar-refractivity contribution is 5.99. The number of hydrogen-bond acceptors (Lipinski definition) is 3. The first-order valence-electron chi connectivity index (χ1n) is 8.10. The number of hydrogen-bond donors (Lipinski definition) is 1. The van der Waals surface area contributed by atoms with Crippen molar-refractivity contribution in [3.63, 3.8) is 0 Å². The number of carbonyl (C=O) groups is 1. The van der Waals surface area contributed by atoms with Gasteiger partial charge in [-0.3, -0.25) is 9.18 Å². The maximum atomic E-state index is 13.1. The van der Waals surface area contributed by atoms with Gasteiger partial charge >= 0.3 is 6.18 Å². The molecule has 1 amide bonds. The standard InChI is InChI=1S/C15H20F4N4O/c16-7-9-1-3-10(4-2-9)8-22-5-6-23-14(22)11(13(20)24)12(21-23)15(17,18)19/h9-10H,1-8H2,(H2,20,24). The van der Waals surface area contributed by atoms with Crippen molar-refractivity contribution >= 4 is 11.7 Å². The van der Waals surface area contributed by atoms with E-state index in [1.807, 2.05) is 0 Å². The fraction of sp³-hybridized carbons (Fsp3) is 0.733. The molecule has 134 valence electrons. The summed E-state index contributed by atoms with van der Waals surface area (Å²) in [7, 11) is 0. The number of primary amides is 1. The molecule has 0 radical (unpaired) electrons. The predicted molar refractivity (Wildman–Crippen MR) is 79.4 cm³/mol. The molecule has 2 aliphatic rings. The summed E-state index contributed by atoms with van der Waals surface area (Å²) in [5.41, 5.74) is 3.44. The van der Waals surface area contributed by atoms with Crippen LogP contribution in [0.1, 0.15) is 41.7 Å². The van der Waals surface area contributed by atoms with Gasteiger partial charge in [-0.05, 0) is 37.5 Å². The number of rotatable bonds is 4. The number of anilines is 1. The van der Waals surface area contributed by atoms with Gasteiger partial charge in [0.15, 0.2) is 5.69 Å². The van der Waals surface area contributed by atoms with E-state index >= 15 is 0 Å². The van der Waals surface area contributed by atoms with Crippen molar-refractivity contribution in [2.24, 2.45) is 17.6 Å². The van der Waals surface area contributed by atoms with Gasteiger partial charge in [-0.15, -0.1) is 0 Å². The van der Waals surface area contributed by atoms with E-state index in [0.29, 0.717) is 19.6 Å². The quantitative estimate of drug-likeness (QED) is 0.851. The highest BCUT2D eigenvalue weighted by Gasteiger charge is 2.43. The molecule has 9 heteroatoms. The van der Waals surface area contributed by atoms with Gasteiger partial charge in [-0.25, -0.2) is 4.68 Å². The van der Waals surface area contributed by atoms with Crippen LogP contribution in [0.3, 0.4) is 0 Å². The van der Waals surface area contributed by atoms with Gasteiger partial charge in [0.1, 0.15) is 11.4 Å². The Labute approximate surface area is 136 Å². The number of aromatic nitrogens is 2. The molecule has 0 atom stereocenters. The molecular weight excluding hydrogens is 328 g/mol. The molecule has 0 unspecified atom stereocenters. The second-order valence-electron chi connectivity index (χ2n) is 6.62. The molecule has 0 saturated heterocycles. The molecule has 1 aliphatic heterocycles. The molecular formula is C15H20F4N4O. The summed E-state index contributed by atoms with van der Waals surface area (Å²) < 4.78 is 53.2. The van der Waals surface area contributed by atoms with Crippen molar-refractivity contribution in [1.82, 2.24) is 9.78 Å². The molecule has 1 aromatic heterocycles. The van der Waals surface area contributed by atoms with Crippen LogP contribution in [0, 0.1) is 11.8 Å². The van der Waals surface area contributed by atoms with Crippen LogP contribution in [0.25, 0.3) is 0 Å². The van der Waals surface area contributed by atoms with Crippen LogP contribution in [0.4, 0.5) is 23.4 Å². The minimum Gasteiger partial charge on any atom is -0.365 e. The Morgan fingerprint density at radius 1 is 1.17 bits per heavy atom. The summed E-state index contributed by atoms with van der Waals surface area (Å²) in [4.78, 5) is 13.4. The molecule has 2 heterocycles. The van der Waals surface area contributed by atoms with E-state index < -0.39 is 23.3 Å². The Hall–Kier alpha value is -1.80. The van der Waals surface area contributed by atoms with E-state index in [9.17, 15) is 22.4 Å². The molecule has 1 saturated carbocycles. The van der Waals surface area contributed by atoms with Crippen LogP contribution in [0.2, 0.25) is 0 Å². The molecule has 0 aromatic carbocycles. The van der Waals surface area contributed by atoms with E-state index in [0.717, 1.165) is 25.7 Å². The first kappa shape index (κ1) is 17.0. The van der Waals surface area contributed by atoms with Crippen molar-refractivity contribution in [2.75, 3.05) is 24.7 Å². The lowest BCUT2D eigenvalue weighted by Gasteiger charge is -2.30. The van der Waals surface area contributed by atoms with Gasteiger partial charge in [0.2, 0.25) is 0 Å². The molecule has 1 fully saturated rings. The Balaban J connectivity index is 1.81. The third kappa shape index (κ3) is 3.08. The third-order valence-electron chi connectivity index (χ3n) is 4.98. The zero-order valence-corrected chi connectivity index (χ0v) is 13.2. The lowest BCUT2D eigenvalue weighted by atomic mass is 9.82. The lowest BCUT2D eigenvalue weighted by Crippen LogP contribution is -2.32. The van der Waals surface area contributed by atoms with Crippen molar-refractivity contribution in [3.05, 3.63) is 11.3 Å². The second kappa shape index (κ2) is 6.25. The van der Waals surface area contributed by atoms with Crippen molar-refractivity contribution < 1.29 is 22.4 Å². The first-order valence-corrected chi connectivity index (χ1v) is 8.10. The fourth-order valence-electron chi connectivity index (χ4n) is 3.73. The van der Waals surface area contributed by atoms with Crippen molar-refractivity contribution in [3.8, 4) is 0 Å². The molecule has 2 N–H and O–H groups in total. The monoisotopic (exact) mass is 348 g/mol. The molecule has 24 heavy (non-hydrogen) atoms. The van der Waals surface area contributed by atoms with Gasteiger partial charge in [0, 0.05) is 13.1 Å². The number of nitrogens with two attached hydrogens (primary N) is 1. The Kier molecular flexibility index (Phi) is 4.44. The Bertz CT molecular complexity index is 620. The van der Waals surface area contributed by atoms with E-state index in [-0.39, 0.29) is 24.3 Å². The molecule has 1 aromatic rings. The van der Waals surface area contributed by atoms with Gasteiger partial charge in [0.05, 0.1) is 13.2 Å². The minimum atomic E-state index is -4.72. The van der Waals surface area contributed by atoms with E-state index in [4.69, 9.17) is 5.73 Å². The zero-order chi connectivity index (χ0) is 17.5. The summed E-state index contributed by atoms with van der Waals surface area (Å²) in [5.74, 6) is -0.563. The zero-order valence-electron chi connectivity index (χ0n) is 13.2. The minimum absolute atomic E-state index is 0.100. The van der Waals surface area contributed by atoms with Crippen molar-refractivity contribution in [2.45, 2.75) is 38.4 Å². The van der Waals surface area contributed by atoms with Gasteiger partial charge in [-0.1, -0.05) is 0 Å². The highest BCUT2D eigenvalue weighted by atomic mass is 19.4. The maximum absolute atomic E-state index is 13.1. The van der Waals surface area contributed by atoms with E-state index in [1.54, 1.807) is 4.90 Å². The van der Waals surface area contributed by atoms with Gasteiger partial charge in [0.25, 0.3) is 5.91 Å². The highest BCUT2D eigenvalue weighted by Crippen LogP contribution is 2.39. The summed E-state index contributed by atoms with van der Waals surface area (Å²) >= 11 is 0. The van der Waals surface area contributed by atoms with Crippen LogP contribution >= 0.6 is 0 Å². The van der Waals surface area contributed by atoms with E-state index in [1.165, 1.54) is 4.68 Å². The third-order valence-corrected chi connectivity index (χ3v) is 4.98. The number of carbonyl (C=O) groups excluding carboxylic acids is 1. The van der Waals surface area contributed by atoms with Gasteiger partial charge in [-0.2, -0.15) is 18.3 Å². The Morgan fingerprint density at radius 3 is 2.33 bits per heavy atom. The number of halogens is 4. The van der Waals surface area contributed by atoms with Gasteiger partial charge < -0.3 is 10.6 Å². The van der Waals surface area contributed by atoms with Crippen LogP contribution in [-0.2, 0) is 12.7 Å². The van der Waals surface area contributed by atoms with Crippen LogP contribution in [0.5, 0.6) is 0 Å². The summed E-state index contributed by atoms with van der Waals surface area (Å²) in [6.07, 6.45) is -1.43. The first-order chi connectivity index (χ1) is 11.3. The molecule has 1 aliphatic carbocycles. The number of amides is 1. The average Bonchev–Trinajstić information content (AvgIpc) is 3.07. The van der Waals surface area contributed by atoms with Crippen LogP contribution < -0.4 is 10.6 Å². The van der Waals surface area contributed by atoms with Crippen molar-refractivity contribution in [1.29, 1.82) is 0 Å². The maximum Gasteiger partial charge on any atom is 0.436 e. The molecule has 0 bridgehead atoms. The normalized spacial score (nSPS) is 24.2. The fourth-order valence-corrected chi connectivity index (χ4v) is 3.73. The topological polar surface area (TPSA) is 64.2 Å². The summed E-state index contributed by atoms with van der Waals surface area (Å²) in [6, 6.07) is 0. The SMILES string of the molecule is NC(=O)c1c(C(F)(F)F)nn2c1N(CC1CCC(CF)CC1)CC2. The largest absolute Gasteiger partial charge is 0.436 e. The summed E-state index contributed by atoms with van der Waals surface area (Å²) in [5, 5.41) is 3.55. The lowest BCUT2D eigenvalue weighted by molar-refractivity contribution is -0.141. The number of alkyl halides is 4. The summed E-state index contributed by atoms with van der Waals surface area (Å²) in [6.45, 7) is 1.03. The second-order valence-corrected chi connectivity index (χ2v) is 6.62. The van der Waals surface area contributed by atoms with Crippen LogP contribution in [0.15, 0.2) is 0 Å². The average molecular weight is 348 g/mol. The smallest absolute Gasteiger partial charge is 0.365 e. The number of nitrogens with zero attached hydrogens (tertiary/aromatic N) is 3. The van der Waals surface area contributed by atoms with Crippen LogP contribution in [-0.4, -0.2) is 35.5 Å². The molecule has 5 nitrogen and oxygen atoms in total. The predicted octanol–water partition coefficient (Wildman–Crippen LogP) is 2.60. The molecule has 3 rings (SSSR count). The molecule has 0 spiro atoms. The number of fused-ring (bicyclic) bond motifs is 1. The van der Waals surface area contributed by atoms with E-state index in [2.05, 4.69) is 5.10 Å². The Morgan fingerprint density at radius 2 is 1.79 bits per heavy atom.